The van der Waals surface area contributed by atoms with Gasteiger partial charge in [-0.3, -0.25) is 0 Å². The van der Waals surface area contributed by atoms with E-state index in [9.17, 15) is 22.8 Å². The molecule has 0 radical (unpaired) electrons. The number of carbonyl (C=O) groups excluding carboxylic acids is 2. The third kappa shape index (κ3) is 5.35. The van der Waals surface area contributed by atoms with Crippen molar-refractivity contribution in [2.75, 3.05) is 32.8 Å². The van der Waals surface area contributed by atoms with Crippen LogP contribution in [0.3, 0.4) is 0 Å². The summed E-state index contributed by atoms with van der Waals surface area (Å²) in [4.78, 5) is 27.9. The Hall–Kier alpha value is -3.07. The van der Waals surface area contributed by atoms with Gasteiger partial charge in [0.15, 0.2) is 11.6 Å². The zero-order valence-electron chi connectivity index (χ0n) is 19.0. The maximum atomic E-state index is 13.6. The monoisotopic (exact) mass is 475 g/mol. The third-order valence-corrected chi connectivity index (χ3v) is 6.61. The normalized spacial score (nSPS) is 19.4. The van der Waals surface area contributed by atoms with Crippen molar-refractivity contribution in [3.05, 3.63) is 70.5 Å². The van der Waals surface area contributed by atoms with Crippen molar-refractivity contribution < 1.29 is 27.5 Å². The summed E-state index contributed by atoms with van der Waals surface area (Å²) >= 11 is 0. The molecule has 3 amide bonds. The molecule has 1 unspecified atom stereocenters. The zero-order valence-corrected chi connectivity index (χ0v) is 19.0. The Kier molecular flexibility index (Phi) is 7.41. The number of aryl methyl sites for hydroxylation is 1. The van der Waals surface area contributed by atoms with Gasteiger partial charge in [-0.15, -0.1) is 0 Å². The summed E-state index contributed by atoms with van der Waals surface area (Å²) in [6.45, 7) is 4.84. The van der Waals surface area contributed by atoms with Crippen LogP contribution in [0.4, 0.5) is 22.8 Å². The summed E-state index contributed by atoms with van der Waals surface area (Å²) in [5, 5.41) is 2.72. The van der Waals surface area contributed by atoms with E-state index in [0.717, 1.165) is 55.1 Å². The second-order valence-corrected chi connectivity index (χ2v) is 8.84. The average molecular weight is 476 g/mol. The number of cyclic esters (lactones) is 1. The molecule has 6 nitrogen and oxygen atoms in total. The summed E-state index contributed by atoms with van der Waals surface area (Å²) in [6.07, 6.45) is 1.87. The van der Waals surface area contributed by atoms with Crippen molar-refractivity contribution in [2.45, 2.75) is 38.1 Å². The number of ether oxygens (including phenoxy) is 1. The Morgan fingerprint density at radius 2 is 1.85 bits per heavy atom. The predicted octanol–water partition coefficient (Wildman–Crippen LogP) is 4.88. The summed E-state index contributed by atoms with van der Waals surface area (Å²) in [7, 11) is 0. The van der Waals surface area contributed by atoms with Gasteiger partial charge >= 0.3 is 12.1 Å². The number of halogens is 3. The number of nitrogens with one attached hydrogen (secondary N) is 1. The number of carbonyl (C=O) groups is 2. The van der Waals surface area contributed by atoms with Gasteiger partial charge in [0, 0.05) is 6.54 Å². The van der Waals surface area contributed by atoms with Gasteiger partial charge in [0.2, 0.25) is 0 Å². The van der Waals surface area contributed by atoms with Crippen LogP contribution >= 0.6 is 0 Å². The molecule has 9 heteroatoms. The van der Waals surface area contributed by atoms with E-state index in [-0.39, 0.29) is 12.4 Å². The highest BCUT2D eigenvalue weighted by molar-refractivity contribution is 5.92. The SMILES string of the molecule is Cc1cc(F)ccc1C1CCN(CCCNC(=O)N2C(=O)OCC2c2ccc(F)c(F)c2)CC1. The number of hydrogen-bond donors (Lipinski definition) is 1. The second kappa shape index (κ2) is 10.5. The van der Waals surface area contributed by atoms with E-state index in [0.29, 0.717) is 24.4 Å². The highest BCUT2D eigenvalue weighted by atomic mass is 19.2. The standard InChI is InChI=1S/C25H28F3N3O3/c1-16-13-19(26)4-5-20(16)17-7-11-30(12-8-17)10-2-9-29-24(32)31-23(15-34-25(31)33)18-3-6-21(27)22(28)14-18/h3-6,13-14,17,23H,2,7-12,15H2,1H3,(H,29,32). The molecular weight excluding hydrogens is 447 g/mol. The zero-order chi connectivity index (χ0) is 24.2. The van der Waals surface area contributed by atoms with Gasteiger partial charge < -0.3 is 15.0 Å². The van der Waals surface area contributed by atoms with Gasteiger partial charge in [0.05, 0.1) is 0 Å². The number of piperidine rings is 1. The Labute approximate surface area is 196 Å². The highest BCUT2D eigenvalue weighted by Gasteiger charge is 2.39. The molecule has 1 N–H and O–H groups in total. The van der Waals surface area contributed by atoms with E-state index < -0.39 is 29.8 Å². The lowest BCUT2D eigenvalue weighted by Gasteiger charge is -2.32. The smallest absolute Gasteiger partial charge is 0.418 e. The first-order chi connectivity index (χ1) is 16.3. The molecule has 2 saturated heterocycles. The molecule has 2 aliphatic heterocycles. The van der Waals surface area contributed by atoms with Crippen LogP contribution in [0.15, 0.2) is 36.4 Å². The molecule has 2 heterocycles. The fourth-order valence-electron chi connectivity index (χ4n) is 4.76. The van der Waals surface area contributed by atoms with Crippen LogP contribution in [0.1, 0.15) is 47.9 Å². The number of likely N-dealkylation sites (tertiary alicyclic amines) is 1. The average Bonchev–Trinajstić information content (AvgIpc) is 3.20. The molecule has 34 heavy (non-hydrogen) atoms. The Balaban J connectivity index is 1.22. The van der Waals surface area contributed by atoms with E-state index in [4.69, 9.17) is 4.74 Å². The van der Waals surface area contributed by atoms with Gasteiger partial charge in [-0.2, -0.15) is 0 Å². The van der Waals surface area contributed by atoms with Crippen LogP contribution in [0.2, 0.25) is 0 Å². The van der Waals surface area contributed by atoms with Crippen molar-refractivity contribution in [1.29, 1.82) is 0 Å². The van der Waals surface area contributed by atoms with Gasteiger partial charge in [-0.25, -0.2) is 27.7 Å². The summed E-state index contributed by atoms with van der Waals surface area (Å²) in [5.74, 6) is -1.83. The van der Waals surface area contributed by atoms with Gasteiger partial charge in [-0.1, -0.05) is 12.1 Å². The maximum Gasteiger partial charge on any atom is 0.418 e. The molecule has 2 fully saturated rings. The van der Waals surface area contributed by atoms with E-state index in [1.807, 2.05) is 13.0 Å². The molecule has 0 spiro atoms. The minimum absolute atomic E-state index is 0.111. The highest BCUT2D eigenvalue weighted by Crippen LogP contribution is 2.31. The molecule has 2 aromatic rings. The molecule has 0 aromatic heterocycles. The van der Waals surface area contributed by atoms with Crippen LogP contribution < -0.4 is 5.32 Å². The maximum absolute atomic E-state index is 13.6. The van der Waals surface area contributed by atoms with Crippen LogP contribution in [0.5, 0.6) is 0 Å². The second-order valence-electron chi connectivity index (χ2n) is 8.84. The topological polar surface area (TPSA) is 61.9 Å². The molecule has 2 aliphatic rings. The third-order valence-electron chi connectivity index (χ3n) is 6.61. The lowest BCUT2D eigenvalue weighted by molar-refractivity contribution is 0.157. The molecule has 4 rings (SSSR count). The van der Waals surface area contributed by atoms with E-state index in [1.54, 1.807) is 6.07 Å². The quantitative estimate of drug-likeness (QED) is 0.605. The van der Waals surface area contributed by atoms with Gasteiger partial charge in [0.25, 0.3) is 0 Å². The summed E-state index contributed by atoms with van der Waals surface area (Å²) < 4.78 is 45.2. The van der Waals surface area contributed by atoms with Crippen LogP contribution in [0, 0.1) is 24.4 Å². The first-order valence-corrected chi connectivity index (χ1v) is 11.5. The molecule has 182 valence electrons. The first kappa shape index (κ1) is 24.1. The molecule has 2 aromatic carbocycles. The van der Waals surface area contributed by atoms with Crippen LogP contribution in [-0.4, -0.2) is 54.7 Å². The molecule has 0 bridgehead atoms. The number of benzene rings is 2. The number of urea groups is 1. The number of amides is 3. The van der Waals surface area contributed by atoms with Crippen molar-refractivity contribution in [1.82, 2.24) is 15.1 Å². The minimum atomic E-state index is -1.05. The summed E-state index contributed by atoms with van der Waals surface area (Å²) in [5.41, 5.74) is 2.49. The Morgan fingerprint density at radius 1 is 1.09 bits per heavy atom. The predicted molar refractivity (Wildman–Crippen MR) is 120 cm³/mol. The fourth-order valence-corrected chi connectivity index (χ4v) is 4.76. The Morgan fingerprint density at radius 3 is 2.56 bits per heavy atom. The van der Waals surface area contributed by atoms with E-state index in [2.05, 4.69) is 10.2 Å². The van der Waals surface area contributed by atoms with Crippen molar-refractivity contribution in [2.24, 2.45) is 0 Å². The molecule has 1 atom stereocenters. The minimum Gasteiger partial charge on any atom is -0.446 e. The van der Waals surface area contributed by atoms with Crippen molar-refractivity contribution in [3.8, 4) is 0 Å². The van der Waals surface area contributed by atoms with Gasteiger partial charge in [-0.05, 0) is 92.7 Å². The first-order valence-electron chi connectivity index (χ1n) is 11.5. The lowest BCUT2D eigenvalue weighted by Crippen LogP contribution is -2.43. The molecule has 0 aliphatic carbocycles. The Bertz CT molecular complexity index is 1060. The largest absolute Gasteiger partial charge is 0.446 e. The van der Waals surface area contributed by atoms with Crippen LogP contribution in [0.25, 0.3) is 0 Å². The summed E-state index contributed by atoms with van der Waals surface area (Å²) in [6, 6.07) is 6.82. The lowest BCUT2D eigenvalue weighted by atomic mass is 9.87. The van der Waals surface area contributed by atoms with Crippen molar-refractivity contribution in [3.63, 3.8) is 0 Å². The van der Waals surface area contributed by atoms with Crippen LogP contribution in [-0.2, 0) is 4.74 Å². The number of nitrogens with zero attached hydrogens (tertiary/aromatic N) is 2. The number of imide groups is 1. The van der Waals surface area contributed by atoms with Crippen molar-refractivity contribution >= 4 is 12.1 Å². The molecule has 0 saturated carbocycles. The number of hydrogen-bond acceptors (Lipinski definition) is 4. The number of rotatable bonds is 6. The van der Waals surface area contributed by atoms with E-state index in [1.165, 1.54) is 17.7 Å². The fraction of sp³-hybridized carbons (Fsp3) is 0.440. The van der Waals surface area contributed by atoms with E-state index >= 15 is 0 Å². The molecular formula is C25H28F3N3O3. The van der Waals surface area contributed by atoms with Gasteiger partial charge in [0.1, 0.15) is 18.5 Å².